The number of carbonyl (C=O) groups is 3. The van der Waals surface area contributed by atoms with Gasteiger partial charge in [0, 0.05) is 6.42 Å². The number of rotatable bonds is 11. The number of nitrogens with one attached hydrogen (secondary N) is 1. The Bertz CT molecular complexity index is 1250. The number of fused-ring (bicyclic) bond motifs is 1. The normalized spacial score (nSPS) is 13.1. The molecule has 0 spiro atoms. The Kier molecular flexibility index (Phi) is 9.40. The number of phenols is 1. The summed E-state index contributed by atoms with van der Waals surface area (Å²) in [5.74, 6) is -0.701. The summed E-state index contributed by atoms with van der Waals surface area (Å²) in [4.78, 5) is 38.2. The molecule has 0 fully saturated rings. The predicted octanol–water partition coefficient (Wildman–Crippen LogP) is 3.19. The number of methoxy groups -OCH3 is 1. The van der Waals surface area contributed by atoms with Gasteiger partial charge in [0.2, 0.25) is 0 Å². The van der Waals surface area contributed by atoms with Crippen molar-refractivity contribution in [1.82, 2.24) is 20.3 Å². The molecule has 4 N–H and O–H groups in total. The third-order valence-corrected chi connectivity index (χ3v) is 5.80. The molecule has 3 aromatic rings. The van der Waals surface area contributed by atoms with Gasteiger partial charge >= 0.3 is 12.1 Å². The van der Waals surface area contributed by atoms with E-state index >= 15 is 0 Å². The predicted molar refractivity (Wildman–Crippen MR) is 141 cm³/mol. The lowest BCUT2D eigenvalue weighted by atomic mass is 9.98. The molecule has 0 saturated carbocycles. The van der Waals surface area contributed by atoms with Crippen molar-refractivity contribution in [3.63, 3.8) is 0 Å². The van der Waals surface area contributed by atoms with E-state index < -0.39 is 29.7 Å². The SMILES string of the molecule is COC(=O)[C@H](CCCC(N)C(=O)CCc1ccc(O)c(-n2nc3ccccc3n2)c1)NC(=O)OC(C)(C)C. The van der Waals surface area contributed by atoms with Crippen molar-refractivity contribution in [2.24, 2.45) is 5.73 Å². The molecule has 11 nitrogen and oxygen atoms in total. The molecule has 1 amide bonds. The van der Waals surface area contributed by atoms with E-state index in [1.165, 1.54) is 11.9 Å². The van der Waals surface area contributed by atoms with Crippen LogP contribution in [-0.4, -0.2) is 62.7 Å². The van der Waals surface area contributed by atoms with Gasteiger partial charge in [-0.05, 0) is 76.3 Å². The van der Waals surface area contributed by atoms with Crippen molar-refractivity contribution < 1.29 is 29.0 Å². The van der Waals surface area contributed by atoms with Crippen LogP contribution in [0.3, 0.4) is 0 Å². The average Bonchev–Trinajstić information content (AvgIpc) is 3.29. The lowest BCUT2D eigenvalue weighted by Crippen LogP contribution is -2.44. The Morgan fingerprint density at radius 1 is 1.08 bits per heavy atom. The zero-order valence-corrected chi connectivity index (χ0v) is 22.1. The van der Waals surface area contributed by atoms with Gasteiger partial charge in [-0.1, -0.05) is 18.2 Å². The molecule has 0 saturated heterocycles. The van der Waals surface area contributed by atoms with E-state index in [0.717, 1.165) is 5.56 Å². The van der Waals surface area contributed by atoms with Crippen LogP contribution in [0.2, 0.25) is 0 Å². The van der Waals surface area contributed by atoms with Crippen LogP contribution >= 0.6 is 0 Å². The molecule has 11 heteroatoms. The minimum atomic E-state index is -0.903. The number of phenolic OH excluding ortho intramolecular Hbond substituents is 1. The Morgan fingerprint density at radius 3 is 2.34 bits per heavy atom. The van der Waals surface area contributed by atoms with Crippen LogP contribution in [0.4, 0.5) is 4.79 Å². The van der Waals surface area contributed by atoms with E-state index in [4.69, 9.17) is 15.2 Å². The summed E-state index contributed by atoms with van der Waals surface area (Å²) in [6, 6.07) is 10.8. The number of ether oxygens (including phenoxy) is 2. The number of esters is 1. The third-order valence-electron chi connectivity index (χ3n) is 5.80. The van der Waals surface area contributed by atoms with Crippen molar-refractivity contribution in [2.75, 3.05) is 7.11 Å². The number of aromatic hydroxyl groups is 1. The number of nitrogens with zero attached hydrogens (tertiary/aromatic N) is 3. The van der Waals surface area contributed by atoms with E-state index in [0.29, 0.717) is 36.0 Å². The number of Topliss-reactive ketones (excluding diaryl/α,β-unsaturated/α-hetero) is 1. The van der Waals surface area contributed by atoms with Crippen LogP contribution < -0.4 is 11.1 Å². The van der Waals surface area contributed by atoms with E-state index in [2.05, 4.69) is 15.5 Å². The molecule has 0 aliphatic heterocycles. The molecule has 0 bridgehead atoms. The second kappa shape index (κ2) is 12.5. The highest BCUT2D eigenvalue weighted by Crippen LogP contribution is 2.24. The molecular weight excluding hydrogens is 490 g/mol. The van der Waals surface area contributed by atoms with Crippen LogP contribution in [0, 0.1) is 0 Å². The Hall–Kier alpha value is -3.99. The summed E-state index contributed by atoms with van der Waals surface area (Å²) in [5, 5.41) is 21.6. The quantitative estimate of drug-likeness (QED) is 0.320. The van der Waals surface area contributed by atoms with E-state index in [1.807, 2.05) is 24.3 Å². The summed E-state index contributed by atoms with van der Waals surface area (Å²) < 4.78 is 9.97. The van der Waals surface area contributed by atoms with Gasteiger partial charge in [-0.25, -0.2) is 9.59 Å². The summed E-state index contributed by atoms with van der Waals surface area (Å²) in [6.07, 6.45) is 0.915. The minimum absolute atomic E-state index is 0.0252. The van der Waals surface area contributed by atoms with Crippen molar-refractivity contribution in [1.29, 1.82) is 0 Å². The number of aryl methyl sites for hydroxylation is 1. The zero-order valence-electron chi connectivity index (χ0n) is 22.1. The van der Waals surface area contributed by atoms with Crippen LogP contribution in [0.25, 0.3) is 16.7 Å². The number of nitrogens with two attached hydrogens (primary N) is 1. The molecule has 1 heterocycles. The maximum Gasteiger partial charge on any atom is 0.408 e. The van der Waals surface area contributed by atoms with Gasteiger partial charge in [-0.3, -0.25) is 4.79 Å². The molecule has 1 unspecified atom stereocenters. The highest BCUT2D eigenvalue weighted by Gasteiger charge is 2.25. The number of hydrogen-bond donors (Lipinski definition) is 3. The first-order chi connectivity index (χ1) is 18.0. The summed E-state index contributed by atoms with van der Waals surface area (Å²) in [5.41, 5.74) is 8.05. The number of alkyl carbamates (subject to hydrolysis) is 1. The maximum atomic E-state index is 12.7. The van der Waals surface area contributed by atoms with Gasteiger partial charge in [-0.15, -0.1) is 15.0 Å². The van der Waals surface area contributed by atoms with Crippen LogP contribution in [-0.2, 0) is 25.5 Å². The van der Waals surface area contributed by atoms with Crippen molar-refractivity contribution in [3.05, 3.63) is 48.0 Å². The fourth-order valence-corrected chi connectivity index (χ4v) is 3.85. The van der Waals surface area contributed by atoms with Crippen molar-refractivity contribution >= 4 is 28.9 Å². The number of hydrogen-bond acceptors (Lipinski definition) is 9. The molecule has 2 atom stereocenters. The second-order valence-corrected chi connectivity index (χ2v) is 10.0. The Labute approximate surface area is 221 Å². The molecule has 3 rings (SSSR count). The van der Waals surface area contributed by atoms with Gasteiger partial charge < -0.3 is 25.6 Å². The summed E-state index contributed by atoms with van der Waals surface area (Å²) in [7, 11) is 1.24. The largest absolute Gasteiger partial charge is 0.506 e. The van der Waals surface area contributed by atoms with Crippen LogP contribution in [0.5, 0.6) is 5.75 Å². The molecule has 0 radical (unpaired) electrons. The highest BCUT2D eigenvalue weighted by atomic mass is 16.6. The number of aromatic nitrogens is 3. The fraction of sp³-hybridized carbons (Fsp3) is 0.444. The number of amides is 1. The maximum absolute atomic E-state index is 12.7. The van der Waals surface area contributed by atoms with Gasteiger partial charge in [0.05, 0.1) is 13.2 Å². The van der Waals surface area contributed by atoms with Gasteiger partial charge in [0.15, 0.2) is 0 Å². The van der Waals surface area contributed by atoms with E-state index in [1.54, 1.807) is 39.0 Å². The average molecular weight is 526 g/mol. The second-order valence-electron chi connectivity index (χ2n) is 10.0. The fourth-order valence-electron chi connectivity index (χ4n) is 3.85. The highest BCUT2D eigenvalue weighted by molar-refractivity contribution is 5.84. The van der Waals surface area contributed by atoms with Crippen molar-refractivity contribution in [3.8, 4) is 11.4 Å². The molecule has 1 aromatic heterocycles. The van der Waals surface area contributed by atoms with Crippen molar-refractivity contribution in [2.45, 2.75) is 70.6 Å². The van der Waals surface area contributed by atoms with Gasteiger partial charge in [-0.2, -0.15) is 0 Å². The minimum Gasteiger partial charge on any atom is -0.506 e. The number of benzene rings is 2. The number of ketones is 1. The number of carbonyl (C=O) groups excluding carboxylic acids is 3. The molecule has 0 aliphatic rings. The van der Waals surface area contributed by atoms with E-state index in [-0.39, 0.29) is 24.4 Å². The first-order valence-electron chi connectivity index (χ1n) is 12.5. The topological polar surface area (TPSA) is 159 Å². The Balaban J connectivity index is 1.52. The van der Waals surface area contributed by atoms with Crippen LogP contribution in [0.1, 0.15) is 52.0 Å². The molecule has 38 heavy (non-hydrogen) atoms. The van der Waals surface area contributed by atoms with Gasteiger partial charge in [0.1, 0.15) is 39.9 Å². The summed E-state index contributed by atoms with van der Waals surface area (Å²) >= 11 is 0. The monoisotopic (exact) mass is 525 g/mol. The van der Waals surface area contributed by atoms with E-state index in [9.17, 15) is 19.5 Å². The Morgan fingerprint density at radius 2 is 1.74 bits per heavy atom. The lowest BCUT2D eigenvalue weighted by molar-refractivity contribution is -0.143. The summed E-state index contributed by atoms with van der Waals surface area (Å²) in [6.45, 7) is 5.17. The molecule has 204 valence electrons. The zero-order chi connectivity index (χ0) is 27.9. The first-order valence-corrected chi connectivity index (χ1v) is 12.5. The molecular formula is C27H35N5O6. The first kappa shape index (κ1) is 28.6. The smallest absolute Gasteiger partial charge is 0.408 e. The molecule has 0 aliphatic carbocycles. The lowest BCUT2D eigenvalue weighted by Gasteiger charge is -2.22. The van der Waals surface area contributed by atoms with Gasteiger partial charge in [0.25, 0.3) is 0 Å². The molecule has 2 aromatic carbocycles. The third kappa shape index (κ3) is 8.01. The standard InChI is InChI=1S/C27H35N5O6/c1-27(2,3)38-26(36)29-21(25(35)37-4)11-7-8-18(28)23(33)14-12-17-13-15-24(34)22(16-17)32-30-19-9-5-6-10-20(19)31-32/h5-6,9-10,13,15-16,18,21,34H,7-8,11-12,14,28H2,1-4H3,(H,29,36)/t18?,21-/m0/s1. The van der Waals surface area contributed by atoms with Crippen LogP contribution in [0.15, 0.2) is 42.5 Å².